The van der Waals surface area contributed by atoms with Gasteiger partial charge < -0.3 is 24.4 Å². The summed E-state index contributed by atoms with van der Waals surface area (Å²) in [7, 11) is 0. The van der Waals surface area contributed by atoms with Gasteiger partial charge in [-0.15, -0.1) is 0 Å². The third-order valence-electron chi connectivity index (χ3n) is 6.38. The number of nitrogens with zero attached hydrogens (tertiary/aromatic N) is 2. The van der Waals surface area contributed by atoms with Crippen molar-refractivity contribution in [2.45, 2.75) is 0 Å². The van der Waals surface area contributed by atoms with Crippen molar-refractivity contribution >= 4 is 23.3 Å². The van der Waals surface area contributed by atoms with Crippen molar-refractivity contribution < 1.29 is 24.2 Å². The quantitative estimate of drug-likeness (QED) is 0.328. The van der Waals surface area contributed by atoms with Crippen molar-refractivity contribution in [1.29, 1.82) is 0 Å². The first-order valence-corrected chi connectivity index (χ1v) is 12.5. The monoisotopic (exact) mass is 508 g/mol. The van der Waals surface area contributed by atoms with E-state index in [4.69, 9.17) is 14.6 Å². The third-order valence-corrected chi connectivity index (χ3v) is 6.38. The highest BCUT2D eigenvalue weighted by atomic mass is 16.5. The zero-order valence-electron chi connectivity index (χ0n) is 20.8. The average Bonchev–Trinajstić information content (AvgIpc) is 2.97. The second kappa shape index (κ2) is 11.5. The van der Waals surface area contributed by atoms with Gasteiger partial charge >= 0.3 is 5.97 Å². The second-order valence-electron chi connectivity index (χ2n) is 8.86. The number of fused-ring (bicyclic) bond motifs is 1. The number of ether oxygens (including phenoxy) is 2. The van der Waals surface area contributed by atoms with E-state index in [0.717, 1.165) is 22.5 Å². The highest BCUT2D eigenvalue weighted by molar-refractivity contribution is 6.06. The van der Waals surface area contributed by atoms with Crippen LogP contribution in [0.2, 0.25) is 0 Å². The van der Waals surface area contributed by atoms with Crippen LogP contribution in [0.25, 0.3) is 11.1 Å². The SMILES string of the molecule is O=C(O)COc1cccc2c1OCCN2CCN(C(=O)c1ccccc1)c1cccc(-c2ccccc2)c1. The normalized spacial score (nSPS) is 12.3. The lowest BCUT2D eigenvalue weighted by Gasteiger charge is -2.34. The van der Waals surface area contributed by atoms with Crippen LogP contribution in [0.3, 0.4) is 0 Å². The van der Waals surface area contributed by atoms with Crippen molar-refractivity contribution in [2.24, 2.45) is 0 Å². The van der Waals surface area contributed by atoms with E-state index >= 15 is 0 Å². The number of hydrogen-bond acceptors (Lipinski definition) is 5. The first-order chi connectivity index (χ1) is 18.6. The molecule has 0 atom stereocenters. The Morgan fingerprint density at radius 2 is 1.58 bits per heavy atom. The average molecular weight is 509 g/mol. The van der Waals surface area contributed by atoms with Gasteiger partial charge in [0.2, 0.25) is 0 Å². The van der Waals surface area contributed by atoms with Gasteiger partial charge in [-0.2, -0.15) is 0 Å². The molecule has 0 saturated carbocycles. The fourth-order valence-electron chi connectivity index (χ4n) is 4.55. The Hall–Kier alpha value is -4.78. The van der Waals surface area contributed by atoms with Crippen LogP contribution in [0.1, 0.15) is 10.4 Å². The molecule has 0 bridgehead atoms. The summed E-state index contributed by atoms with van der Waals surface area (Å²) < 4.78 is 11.3. The van der Waals surface area contributed by atoms with Gasteiger partial charge in [-0.1, -0.05) is 66.7 Å². The van der Waals surface area contributed by atoms with E-state index in [1.165, 1.54) is 0 Å². The number of amides is 1. The van der Waals surface area contributed by atoms with Crippen LogP contribution in [0.4, 0.5) is 11.4 Å². The van der Waals surface area contributed by atoms with Crippen molar-refractivity contribution in [2.75, 3.05) is 42.6 Å². The van der Waals surface area contributed by atoms with E-state index in [2.05, 4.69) is 17.0 Å². The molecule has 1 aliphatic heterocycles. The molecule has 7 nitrogen and oxygen atoms in total. The number of para-hydroxylation sites is 1. The van der Waals surface area contributed by atoms with E-state index in [-0.39, 0.29) is 5.91 Å². The Kier molecular flexibility index (Phi) is 7.54. The van der Waals surface area contributed by atoms with Gasteiger partial charge in [0.15, 0.2) is 18.1 Å². The number of hydrogen-bond donors (Lipinski definition) is 1. The molecule has 0 fully saturated rings. The van der Waals surface area contributed by atoms with Crippen LogP contribution in [0.15, 0.2) is 103 Å². The molecular formula is C31H28N2O5. The van der Waals surface area contributed by atoms with Crippen LogP contribution in [0.5, 0.6) is 11.5 Å². The van der Waals surface area contributed by atoms with Crippen molar-refractivity contribution in [3.8, 4) is 22.6 Å². The fraction of sp³-hybridized carbons (Fsp3) is 0.161. The van der Waals surface area contributed by atoms with E-state index in [1.54, 1.807) is 6.07 Å². The number of carbonyl (C=O) groups excluding carboxylic acids is 1. The molecule has 0 radical (unpaired) electrons. The molecule has 0 spiro atoms. The van der Waals surface area contributed by atoms with E-state index in [0.29, 0.717) is 43.3 Å². The lowest BCUT2D eigenvalue weighted by atomic mass is 10.0. The summed E-state index contributed by atoms with van der Waals surface area (Å²) in [6, 6.07) is 32.8. The van der Waals surface area contributed by atoms with Crippen LogP contribution in [-0.4, -0.2) is 49.8 Å². The fourth-order valence-corrected chi connectivity index (χ4v) is 4.55. The number of benzene rings is 4. The highest BCUT2D eigenvalue weighted by Gasteiger charge is 2.25. The van der Waals surface area contributed by atoms with Gasteiger partial charge in [0.1, 0.15) is 6.61 Å². The smallest absolute Gasteiger partial charge is 0.341 e. The molecule has 5 rings (SSSR count). The lowest BCUT2D eigenvalue weighted by molar-refractivity contribution is -0.139. The number of aliphatic carboxylic acids is 1. The molecule has 1 N–H and O–H groups in total. The van der Waals surface area contributed by atoms with Gasteiger partial charge in [0.25, 0.3) is 5.91 Å². The number of anilines is 2. The molecule has 1 aliphatic rings. The van der Waals surface area contributed by atoms with Gasteiger partial charge in [0, 0.05) is 24.3 Å². The molecule has 38 heavy (non-hydrogen) atoms. The molecule has 1 heterocycles. The van der Waals surface area contributed by atoms with Gasteiger partial charge in [-0.3, -0.25) is 4.79 Å². The zero-order chi connectivity index (χ0) is 26.3. The Labute approximate surface area is 221 Å². The summed E-state index contributed by atoms with van der Waals surface area (Å²) in [6.07, 6.45) is 0. The van der Waals surface area contributed by atoms with Crippen molar-refractivity contribution in [1.82, 2.24) is 0 Å². The summed E-state index contributed by atoms with van der Waals surface area (Å²) in [5.74, 6) is -0.222. The molecule has 0 aliphatic carbocycles. The Morgan fingerprint density at radius 1 is 0.868 bits per heavy atom. The van der Waals surface area contributed by atoms with E-state index < -0.39 is 12.6 Å². The molecule has 192 valence electrons. The second-order valence-corrected chi connectivity index (χ2v) is 8.86. The van der Waals surface area contributed by atoms with Gasteiger partial charge in [-0.25, -0.2) is 4.79 Å². The highest BCUT2D eigenvalue weighted by Crippen LogP contribution is 2.40. The molecule has 0 aromatic heterocycles. The molecule has 7 heteroatoms. The number of carboxylic acid groups (broad SMARTS) is 1. The van der Waals surface area contributed by atoms with E-state index in [9.17, 15) is 9.59 Å². The molecule has 0 unspecified atom stereocenters. The lowest BCUT2D eigenvalue weighted by Crippen LogP contribution is -2.42. The summed E-state index contributed by atoms with van der Waals surface area (Å²) >= 11 is 0. The zero-order valence-corrected chi connectivity index (χ0v) is 20.8. The third kappa shape index (κ3) is 5.62. The Morgan fingerprint density at radius 3 is 2.34 bits per heavy atom. The topological polar surface area (TPSA) is 79.3 Å². The maximum atomic E-state index is 13.7. The molecule has 1 amide bonds. The van der Waals surface area contributed by atoms with Crippen LogP contribution in [-0.2, 0) is 4.79 Å². The summed E-state index contributed by atoms with van der Waals surface area (Å²) in [5.41, 5.74) is 4.35. The maximum absolute atomic E-state index is 13.7. The number of carboxylic acids is 1. The molecule has 0 saturated heterocycles. The summed E-state index contributed by atoms with van der Waals surface area (Å²) in [5, 5.41) is 9.01. The number of rotatable bonds is 9. The minimum absolute atomic E-state index is 0.0807. The molecule has 4 aromatic carbocycles. The first kappa shape index (κ1) is 24.9. The number of carbonyl (C=O) groups is 2. The Balaban J connectivity index is 1.43. The standard InChI is InChI=1S/C31H28N2O5/c34-29(35)22-38-28-16-8-15-27-30(28)37-20-19-32(27)17-18-33(31(36)24-11-5-2-6-12-24)26-14-7-13-25(21-26)23-9-3-1-4-10-23/h1-16,21H,17-20,22H2,(H,34,35). The van der Waals surface area contributed by atoms with Gasteiger partial charge in [0.05, 0.1) is 12.2 Å². The summed E-state index contributed by atoms with van der Waals surface area (Å²) in [4.78, 5) is 28.7. The van der Waals surface area contributed by atoms with Crippen molar-refractivity contribution in [3.05, 3.63) is 109 Å². The minimum atomic E-state index is -1.05. The molecule has 4 aromatic rings. The maximum Gasteiger partial charge on any atom is 0.341 e. The minimum Gasteiger partial charge on any atom is -0.486 e. The largest absolute Gasteiger partial charge is 0.486 e. The predicted molar refractivity (Wildman–Crippen MR) is 147 cm³/mol. The summed E-state index contributed by atoms with van der Waals surface area (Å²) in [6.45, 7) is 1.60. The Bertz CT molecular complexity index is 1410. The predicted octanol–water partition coefficient (Wildman–Crippen LogP) is 5.36. The molecular weight excluding hydrogens is 480 g/mol. The van der Waals surface area contributed by atoms with Crippen molar-refractivity contribution in [3.63, 3.8) is 0 Å². The first-order valence-electron chi connectivity index (χ1n) is 12.5. The van der Waals surface area contributed by atoms with Crippen LogP contribution < -0.4 is 19.3 Å². The van der Waals surface area contributed by atoms with E-state index in [1.807, 2.05) is 89.8 Å². The van der Waals surface area contributed by atoms with Crippen LogP contribution >= 0.6 is 0 Å². The van der Waals surface area contributed by atoms with Gasteiger partial charge in [-0.05, 0) is 47.5 Å². The van der Waals surface area contributed by atoms with Crippen LogP contribution in [0, 0.1) is 0 Å².